The molecule has 0 aliphatic rings. The van der Waals surface area contributed by atoms with Gasteiger partial charge in [0.15, 0.2) is 5.82 Å². The molecule has 90 valence electrons. The number of nitrogens with zero attached hydrogens (tertiary/aromatic N) is 2. The fourth-order valence-electron chi connectivity index (χ4n) is 2.06. The Bertz CT molecular complexity index is 731. The number of hydrogen-bond acceptors (Lipinski definition) is 2. The van der Waals surface area contributed by atoms with Crippen molar-refractivity contribution in [2.75, 3.05) is 0 Å². The van der Waals surface area contributed by atoms with E-state index in [1.165, 1.54) is 6.07 Å². The lowest BCUT2D eigenvalue weighted by Crippen LogP contribution is -1.91. The number of para-hydroxylation sites is 1. The zero-order chi connectivity index (χ0) is 12.7. The average Bonchev–Trinajstić information content (AvgIpc) is 2.74. The van der Waals surface area contributed by atoms with Gasteiger partial charge >= 0.3 is 0 Å². The van der Waals surface area contributed by atoms with Gasteiger partial charge in [-0.3, -0.25) is 4.98 Å². The monoisotopic (exact) mass is 241 g/mol. The van der Waals surface area contributed by atoms with Gasteiger partial charge in [-0.05, 0) is 38.1 Å². The van der Waals surface area contributed by atoms with Crippen LogP contribution in [0.1, 0.15) is 11.4 Å². The van der Waals surface area contributed by atoms with E-state index >= 15 is 0 Å². The summed E-state index contributed by atoms with van der Waals surface area (Å²) < 4.78 is 13.6. The van der Waals surface area contributed by atoms with Crippen molar-refractivity contribution in [3.63, 3.8) is 0 Å². The Hall–Kier alpha value is -2.23. The van der Waals surface area contributed by atoms with Crippen molar-refractivity contribution >= 4 is 11.0 Å². The molecular weight excluding hydrogens is 229 g/mol. The van der Waals surface area contributed by atoms with Crippen molar-refractivity contribution in [3.05, 3.63) is 47.5 Å². The van der Waals surface area contributed by atoms with Gasteiger partial charge in [0.1, 0.15) is 11.3 Å². The third-order valence-corrected chi connectivity index (χ3v) is 2.94. The second-order valence-electron chi connectivity index (χ2n) is 4.31. The number of halogens is 1. The Morgan fingerprint density at radius 2 is 1.89 bits per heavy atom. The molecule has 0 unspecified atom stereocenters. The van der Waals surface area contributed by atoms with Crippen LogP contribution in [-0.4, -0.2) is 15.0 Å². The van der Waals surface area contributed by atoms with E-state index in [0.717, 1.165) is 17.0 Å². The second kappa shape index (κ2) is 3.91. The summed E-state index contributed by atoms with van der Waals surface area (Å²) in [5, 5.41) is 0. The fourth-order valence-corrected chi connectivity index (χ4v) is 2.06. The SMILES string of the molecule is Cc1ccc(-c2nc3c(F)cccc3[nH]2)c(C)n1. The van der Waals surface area contributed by atoms with Crippen LogP contribution < -0.4 is 0 Å². The molecule has 3 rings (SSSR count). The molecule has 0 aliphatic heterocycles. The molecule has 2 heterocycles. The molecule has 0 saturated heterocycles. The highest BCUT2D eigenvalue weighted by Crippen LogP contribution is 2.23. The summed E-state index contributed by atoms with van der Waals surface area (Å²) >= 11 is 0. The molecule has 0 aliphatic carbocycles. The molecule has 1 N–H and O–H groups in total. The molecule has 4 heteroatoms. The van der Waals surface area contributed by atoms with Gasteiger partial charge in [0.2, 0.25) is 0 Å². The molecule has 0 atom stereocenters. The lowest BCUT2D eigenvalue weighted by Gasteiger charge is -2.02. The summed E-state index contributed by atoms with van der Waals surface area (Å²) in [7, 11) is 0. The van der Waals surface area contributed by atoms with Crippen LogP contribution in [0, 0.1) is 19.7 Å². The van der Waals surface area contributed by atoms with Crippen LogP contribution in [0.25, 0.3) is 22.4 Å². The van der Waals surface area contributed by atoms with Gasteiger partial charge in [0.05, 0.1) is 5.52 Å². The Labute approximate surface area is 104 Å². The maximum Gasteiger partial charge on any atom is 0.151 e. The van der Waals surface area contributed by atoms with Crippen LogP contribution in [0.2, 0.25) is 0 Å². The summed E-state index contributed by atoms with van der Waals surface area (Å²) in [6.45, 7) is 3.86. The Morgan fingerprint density at radius 1 is 1.06 bits per heavy atom. The van der Waals surface area contributed by atoms with E-state index in [1.54, 1.807) is 6.07 Å². The molecule has 0 bridgehead atoms. The number of fused-ring (bicyclic) bond motifs is 1. The topological polar surface area (TPSA) is 41.6 Å². The Kier molecular flexibility index (Phi) is 2.37. The van der Waals surface area contributed by atoms with Gasteiger partial charge in [-0.15, -0.1) is 0 Å². The number of pyridine rings is 1. The molecule has 0 amide bonds. The predicted octanol–water partition coefficient (Wildman–Crippen LogP) is 3.38. The first-order valence-electron chi connectivity index (χ1n) is 5.74. The first-order chi connectivity index (χ1) is 8.65. The summed E-state index contributed by atoms with van der Waals surface area (Å²) in [6, 6.07) is 8.76. The third-order valence-electron chi connectivity index (χ3n) is 2.94. The molecule has 3 nitrogen and oxygen atoms in total. The number of aromatic amines is 1. The number of rotatable bonds is 1. The largest absolute Gasteiger partial charge is 0.338 e. The number of nitrogens with one attached hydrogen (secondary N) is 1. The first-order valence-corrected chi connectivity index (χ1v) is 5.74. The first kappa shape index (κ1) is 10.9. The van der Waals surface area contributed by atoms with Gasteiger partial charge in [-0.1, -0.05) is 6.07 Å². The summed E-state index contributed by atoms with van der Waals surface area (Å²) in [5.74, 6) is 0.341. The van der Waals surface area contributed by atoms with E-state index in [0.29, 0.717) is 16.9 Å². The minimum Gasteiger partial charge on any atom is -0.338 e. The van der Waals surface area contributed by atoms with Gasteiger partial charge < -0.3 is 4.98 Å². The molecule has 3 aromatic rings. The minimum atomic E-state index is -0.312. The maximum absolute atomic E-state index is 13.6. The zero-order valence-corrected chi connectivity index (χ0v) is 10.2. The molecule has 1 aromatic carbocycles. The molecule has 0 radical (unpaired) electrons. The van der Waals surface area contributed by atoms with E-state index < -0.39 is 0 Å². The summed E-state index contributed by atoms with van der Waals surface area (Å²) in [4.78, 5) is 11.8. The number of hydrogen-bond donors (Lipinski definition) is 1. The quantitative estimate of drug-likeness (QED) is 0.709. The van der Waals surface area contributed by atoms with Crippen LogP contribution in [0.5, 0.6) is 0 Å². The van der Waals surface area contributed by atoms with Gasteiger partial charge in [-0.25, -0.2) is 9.37 Å². The van der Waals surface area contributed by atoms with E-state index in [1.807, 2.05) is 32.0 Å². The Morgan fingerprint density at radius 3 is 2.61 bits per heavy atom. The molecule has 0 spiro atoms. The van der Waals surface area contributed by atoms with E-state index in [-0.39, 0.29) is 5.82 Å². The van der Waals surface area contributed by atoms with Gasteiger partial charge in [-0.2, -0.15) is 0 Å². The number of imidazole rings is 1. The fraction of sp³-hybridized carbons (Fsp3) is 0.143. The maximum atomic E-state index is 13.6. The number of aromatic nitrogens is 3. The highest BCUT2D eigenvalue weighted by Gasteiger charge is 2.10. The van der Waals surface area contributed by atoms with Crippen molar-refractivity contribution in [1.29, 1.82) is 0 Å². The molecule has 0 fully saturated rings. The van der Waals surface area contributed by atoms with Crippen LogP contribution in [0.4, 0.5) is 4.39 Å². The van der Waals surface area contributed by atoms with Crippen LogP contribution in [-0.2, 0) is 0 Å². The number of aryl methyl sites for hydroxylation is 2. The standard InChI is InChI=1S/C14H12FN3/c1-8-6-7-10(9(2)16-8)14-17-12-5-3-4-11(15)13(12)18-14/h3-7H,1-2H3,(H,17,18). The minimum absolute atomic E-state index is 0.312. The van der Waals surface area contributed by atoms with Crippen LogP contribution >= 0.6 is 0 Å². The average molecular weight is 241 g/mol. The van der Waals surface area contributed by atoms with E-state index in [9.17, 15) is 4.39 Å². The number of H-pyrrole nitrogens is 1. The summed E-state index contributed by atoms with van der Waals surface area (Å²) in [5.41, 5.74) is 3.81. The lowest BCUT2D eigenvalue weighted by atomic mass is 10.2. The summed E-state index contributed by atoms with van der Waals surface area (Å²) in [6.07, 6.45) is 0. The Balaban J connectivity index is 2.23. The van der Waals surface area contributed by atoms with E-state index in [4.69, 9.17) is 0 Å². The third kappa shape index (κ3) is 1.66. The normalized spacial score (nSPS) is 11.1. The molecule has 2 aromatic heterocycles. The van der Waals surface area contributed by atoms with E-state index in [2.05, 4.69) is 15.0 Å². The molecule has 0 saturated carbocycles. The van der Waals surface area contributed by atoms with Crippen molar-refractivity contribution in [1.82, 2.24) is 15.0 Å². The van der Waals surface area contributed by atoms with Crippen molar-refractivity contribution in [2.45, 2.75) is 13.8 Å². The van der Waals surface area contributed by atoms with Crippen molar-refractivity contribution in [3.8, 4) is 11.4 Å². The zero-order valence-electron chi connectivity index (χ0n) is 10.2. The van der Waals surface area contributed by atoms with Crippen molar-refractivity contribution < 1.29 is 4.39 Å². The van der Waals surface area contributed by atoms with Gasteiger partial charge in [0, 0.05) is 17.0 Å². The second-order valence-corrected chi connectivity index (χ2v) is 4.31. The highest BCUT2D eigenvalue weighted by atomic mass is 19.1. The van der Waals surface area contributed by atoms with Gasteiger partial charge in [0.25, 0.3) is 0 Å². The smallest absolute Gasteiger partial charge is 0.151 e. The highest BCUT2D eigenvalue weighted by molar-refractivity contribution is 5.80. The number of benzene rings is 1. The molecular formula is C14H12FN3. The molecule has 18 heavy (non-hydrogen) atoms. The predicted molar refractivity (Wildman–Crippen MR) is 68.8 cm³/mol. The lowest BCUT2D eigenvalue weighted by molar-refractivity contribution is 0.637. The van der Waals surface area contributed by atoms with Crippen LogP contribution in [0.15, 0.2) is 30.3 Å². The van der Waals surface area contributed by atoms with Crippen molar-refractivity contribution in [2.24, 2.45) is 0 Å². The van der Waals surface area contributed by atoms with Crippen LogP contribution in [0.3, 0.4) is 0 Å².